The second kappa shape index (κ2) is 16.8. The summed E-state index contributed by atoms with van der Waals surface area (Å²) in [6.45, 7) is 1.45. The van der Waals surface area contributed by atoms with Gasteiger partial charge in [0.15, 0.2) is 0 Å². The number of halogens is 1. The molecule has 0 aliphatic carbocycles. The molecule has 0 heterocycles. The van der Waals surface area contributed by atoms with Gasteiger partial charge >= 0.3 is 0 Å². The Kier molecular flexibility index (Phi) is 14.5. The lowest BCUT2D eigenvalue weighted by atomic mass is 10.2. The van der Waals surface area contributed by atoms with Crippen LogP contribution < -0.4 is 11.1 Å². The number of alkyl halides is 1. The molecular weight excluding hydrogens is 408 g/mol. The highest BCUT2D eigenvalue weighted by molar-refractivity contribution is 6.27. The average Bonchev–Trinajstić information content (AvgIpc) is 2.80. The number of hydrogen-bond acceptors (Lipinski definition) is 6. The maximum Gasteiger partial charge on any atom is 0.235 e. The van der Waals surface area contributed by atoms with Crippen LogP contribution in [0, 0.1) is 0 Å². The maximum atomic E-state index is 11.0. The number of benzene rings is 2. The fourth-order valence-corrected chi connectivity index (χ4v) is 2.33. The van der Waals surface area contributed by atoms with Crippen LogP contribution in [0.15, 0.2) is 60.7 Å². The van der Waals surface area contributed by atoms with Crippen molar-refractivity contribution in [3.05, 3.63) is 71.8 Å². The van der Waals surface area contributed by atoms with Gasteiger partial charge in [-0.05, 0) is 11.1 Å². The van der Waals surface area contributed by atoms with Crippen molar-refractivity contribution in [1.29, 1.82) is 0 Å². The highest BCUT2D eigenvalue weighted by Crippen LogP contribution is 2.01. The van der Waals surface area contributed by atoms with Gasteiger partial charge in [0.05, 0.1) is 51.7 Å². The number of carbonyl (C=O) groups excluding carboxylic acids is 1. The lowest BCUT2D eigenvalue weighted by Crippen LogP contribution is -2.41. The lowest BCUT2D eigenvalue weighted by molar-refractivity contribution is -0.120. The van der Waals surface area contributed by atoms with Crippen molar-refractivity contribution < 1.29 is 24.5 Å². The molecule has 2 aromatic rings. The molecule has 7 nitrogen and oxygen atoms in total. The van der Waals surface area contributed by atoms with Gasteiger partial charge in [-0.1, -0.05) is 60.7 Å². The molecule has 166 valence electrons. The van der Waals surface area contributed by atoms with Crippen molar-refractivity contribution in [3.63, 3.8) is 0 Å². The molecule has 0 spiro atoms. The zero-order valence-corrected chi connectivity index (χ0v) is 17.7. The average molecular weight is 439 g/mol. The molecule has 0 saturated carbocycles. The highest BCUT2D eigenvalue weighted by Gasteiger charge is 2.10. The van der Waals surface area contributed by atoms with E-state index in [1.54, 1.807) is 0 Å². The summed E-state index contributed by atoms with van der Waals surface area (Å²) in [4.78, 5) is 11.0. The molecule has 2 aromatic carbocycles. The molecule has 2 rings (SSSR count). The van der Waals surface area contributed by atoms with E-state index < -0.39 is 6.04 Å². The summed E-state index contributed by atoms with van der Waals surface area (Å²) in [6.07, 6.45) is 0. The van der Waals surface area contributed by atoms with Crippen molar-refractivity contribution in [1.82, 2.24) is 5.32 Å². The van der Waals surface area contributed by atoms with Crippen LogP contribution in [0.25, 0.3) is 0 Å². The minimum Gasteiger partial charge on any atom is -0.395 e. The quantitative estimate of drug-likeness (QED) is 0.373. The van der Waals surface area contributed by atoms with Crippen LogP contribution in [0.1, 0.15) is 11.1 Å². The van der Waals surface area contributed by atoms with Gasteiger partial charge in [0.1, 0.15) is 5.88 Å². The Morgan fingerprint density at radius 3 is 1.83 bits per heavy atom. The van der Waals surface area contributed by atoms with Crippen LogP contribution in [-0.4, -0.2) is 60.5 Å². The first-order chi connectivity index (χ1) is 14.6. The van der Waals surface area contributed by atoms with Gasteiger partial charge in [0.2, 0.25) is 5.91 Å². The normalized spacial score (nSPS) is 12.4. The van der Waals surface area contributed by atoms with E-state index in [4.69, 9.17) is 37.0 Å². The summed E-state index contributed by atoms with van der Waals surface area (Å²) in [5.74, 6) is -0.427. The molecule has 5 N–H and O–H groups in total. The molecule has 1 amide bonds. The highest BCUT2D eigenvalue weighted by atomic mass is 35.5. The Labute approximate surface area is 182 Å². The van der Waals surface area contributed by atoms with E-state index in [0.717, 1.165) is 11.1 Å². The molecule has 0 unspecified atom stereocenters. The Bertz CT molecular complexity index is 676. The molecule has 30 heavy (non-hydrogen) atoms. The number of carbonyl (C=O) groups is 1. The molecule has 0 bridgehead atoms. The van der Waals surface area contributed by atoms with Crippen LogP contribution in [0.2, 0.25) is 0 Å². The number of rotatable bonds is 12. The minimum absolute atomic E-state index is 0.0329. The Morgan fingerprint density at radius 1 is 0.900 bits per heavy atom. The van der Waals surface area contributed by atoms with Gasteiger partial charge in [-0.2, -0.15) is 0 Å². The van der Waals surface area contributed by atoms with Crippen LogP contribution in [-0.2, 0) is 27.5 Å². The van der Waals surface area contributed by atoms with E-state index >= 15 is 0 Å². The van der Waals surface area contributed by atoms with Crippen molar-refractivity contribution in [3.8, 4) is 0 Å². The van der Waals surface area contributed by atoms with Gasteiger partial charge in [0.25, 0.3) is 0 Å². The molecule has 0 radical (unpaired) electrons. The molecule has 0 aliphatic rings. The van der Waals surface area contributed by atoms with E-state index in [1.807, 2.05) is 60.7 Å². The van der Waals surface area contributed by atoms with Crippen molar-refractivity contribution in [2.45, 2.75) is 25.3 Å². The standard InChI is InChI=1S/C12H16ClNO3.C10H15NO2/c13-6-12(16)14-11(7-15)9-17-8-10-4-2-1-3-5-10;11-10(6-12)8-13-7-9-4-2-1-3-5-9/h1-5,11,15H,6-9H2,(H,14,16);1-5,10,12H,6-8,11H2/t11-;10-/m11/s1. The SMILES string of the molecule is N[C@H](CO)COCc1ccccc1.O=C(CCl)N[C@H](CO)COCc1ccccc1. The number of aliphatic hydroxyl groups excluding tert-OH is 2. The van der Waals surface area contributed by atoms with Crippen molar-refractivity contribution in [2.24, 2.45) is 5.73 Å². The molecule has 2 atom stereocenters. The predicted molar refractivity (Wildman–Crippen MR) is 117 cm³/mol. The van der Waals surface area contributed by atoms with E-state index in [9.17, 15) is 4.79 Å². The second-order valence-electron chi connectivity index (χ2n) is 6.52. The Balaban J connectivity index is 0.000000311. The first-order valence-electron chi connectivity index (χ1n) is 9.65. The zero-order chi connectivity index (χ0) is 22.0. The summed E-state index contributed by atoms with van der Waals surface area (Å²) in [5, 5.41) is 20.2. The van der Waals surface area contributed by atoms with Crippen LogP contribution in [0.3, 0.4) is 0 Å². The lowest BCUT2D eigenvalue weighted by Gasteiger charge is -2.15. The number of aliphatic hydroxyl groups is 2. The third-order valence-corrected chi connectivity index (χ3v) is 4.06. The fraction of sp³-hybridized carbons (Fsp3) is 0.409. The van der Waals surface area contributed by atoms with Gasteiger partial charge < -0.3 is 30.7 Å². The summed E-state index contributed by atoms with van der Waals surface area (Å²) < 4.78 is 10.7. The molecular formula is C22H31ClN2O5. The largest absolute Gasteiger partial charge is 0.395 e. The van der Waals surface area contributed by atoms with Gasteiger partial charge in [-0.25, -0.2) is 0 Å². The minimum atomic E-state index is -0.412. The molecule has 8 heteroatoms. The Morgan fingerprint density at radius 2 is 1.40 bits per heavy atom. The Hall–Kier alpha value is -2.00. The first kappa shape index (κ1) is 26.0. The topological polar surface area (TPSA) is 114 Å². The fourth-order valence-electron chi connectivity index (χ4n) is 2.25. The molecule has 0 fully saturated rings. The molecule has 0 aliphatic heterocycles. The van der Waals surface area contributed by atoms with Crippen LogP contribution >= 0.6 is 11.6 Å². The van der Waals surface area contributed by atoms with E-state index in [2.05, 4.69) is 5.32 Å². The third-order valence-electron chi connectivity index (χ3n) is 3.82. The monoisotopic (exact) mass is 438 g/mol. The van der Waals surface area contributed by atoms with Gasteiger partial charge in [0, 0.05) is 0 Å². The number of amides is 1. The third kappa shape index (κ3) is 12.5. The van der Waals surface area contributed by atoms with Crippen LogP contribution in [0.4, 0.5) is 0 Å². The van der Waals surface area contributed by atoms with E-state index in [0.29, 0.717) is 19.8 Å². The summed E-state index contributed by atoms with van der Waals surface area (Å²) in [5.41, 5.74) is 7.63. The summed E-state index contributed by atoms with van der Waals surface area (Å²) >= 11 is 5.35. The second-order valence-corrected chi connectivity index (χ2v) is 6.79. The molecule has 0 aromatic heterocycles. The predicted octanol–water partition coefficient (Wildman–Crippen LogP) is 1.44. The number of hydrogen-bond donors (Lipinski definition) is 4. The smallest absolute Gasteiger partial charge is 0.235 e. The van der Waals surface area contributed by atoms with Gasteiger partial charge in [-0.15, -0.1) is 11.6 Å². The van der Waals surface area contributed by atoms with Crippen LogP contribution in [0.5, 0.6) is 0 Å². The summed E-state index contributed by atoms with van der Waals surface area (Å²) in [7, 11) is 0. The van der Waals surface area contributed by atoms with Crippen molar-refractivity contribution in [2.75, 3.05) is 32.3 Å². The molecule has 0 saturated heterocycles. The van der Waals surface area contributed by atoms with Gasteiger partial charge in [-0.3, -0.25) is 4.79 Å². The number of nitrogens with two attached hydrogens (primary N) is 1. The van der Waals surface area contributed by atoms with E-state index in [-0.39, 0.29) is 37.6 Å². The van der Waals surface area contributed by atoms with Crippen molar-refractivity contribution >= 4 is 17.5 Å². The maximum absolute atomic E-state index is 11.0. The summed E-state index contributed by atoms with van der Waals surface area (Å²) in [6, 6.07) is 18.9. The first-order valence-corrected chi connectivity index (χ1v) is 10.2. The zero-order valence-electron chi connectivity index (χ0n) is 17.0. The number of ether oxygens (including phenoxy) is 2. The number of nitrogens with one attached hydrogen (secondary N) is 1. The van der Waals surface area contributed by atoms with E-state index in [1.165, 1.54) is 0 Å².